The molecule has 20 heavy (non-hydrogen) atoms. The summed E-state index contributed by atoms with van der Waals surface area (Å²) in [5, 5.41) is 6.41. The molecule has 5 heteroatoms. The first-order valence-corrected chi connectivity index (χ1v) is 7.79. The van der Waals surface area contributed by atoms with Gasteiger partial charge >= 0.3 is 0 Å². The van der Waals surface area contributed by atoms with Gasteiger partial charge in [0.1, 0.15) is 0 Å². The molecule has 5 nitrogen and oxygen atoms in total. The minimum Gasteiger partial charge on any atom is -0.381 e. The maximum absolute atomic E-state index is 12.0. The van der Waals surface area contributed by atoms with Gasteiger partial charge < -0.3 is 20.1 Å². The van der Waals surface area contributed by atoms with E-state index >= 15 is 0 Å². The highest BCUT2D eigenvalue weighted by atomic mass is 16.5. The van der Waals surface area contributed by atoms with Crippen LogP contribution in [0.15, 0.2) is 0 Å². The van der Waals surface area contributed by atoms with Crippen LogP contribution in [0.2, 0.25) is 0 Å². The predicted molar refractivity (Wildman–Crippen MR) is 77.6 cm³/mol. The summed E-state index contributed by atoms with van der Waals surface area (Å²) in [5.74, 6) is 0.0764. The fourth-order valence-corrected chi connectivity index (χ4v) is 3.10. The van der Waals surface area contributed by atoms with E-state index in [0.717, 1.165) is 45.5 Å². The van der Waals surface area contributed by atoms with E-state index in [1.807, 2.05) is 20.8 Å². The van der Waals surface area contributed by atoms with Crippen LogP contribution in [0.4, 0.5) is 0 Å². The van der Waals surface area contributed by atoms with Gasteiger partial charge in [-0.2, -0.15) is 0 Å². The molecule has 1 amide bonds. The third-order valence-corrected chi connectivity index (χ3v) is 4.21. The van der Waals surface area contributed by atoms with Crippen molar-refractivity contribution in [1.29, 1.82) is 0 Å². The Hall–Kier alpha value is -0.650. The lowest BCUT2D eigenvalue weighted by Gasteiger charge is -2.44. The lowest BCUT2D eigenvalue weighted by molar-refractivity contribution is -0.142. The van der Waals surface area contributed by atoms with Gasteiger partial charge in [0.05, 0.1) is 11.6 Å². The highest BCUT2D eigenvalue weighted by Crippen LogP contribution is 2.34. The van der Waals surface area contributed by atoms with E-state index < -0.39 is 0 Å². The van der Waals surface area contributed by atoms with Crippen molar-refractivity contribution < 1.29 is 14.3 Å². The molecule has 0 aromatic carbocycles. The Morgan fingerprint density at radius 2 is 1.90 bits per heavy atom. The smallest absolute Gasteiger partial charge is 0.237 e. The van der Waals surface area contributed by atoms with Crippen LogP contribution in [0.3, 0.4) is 0 Å². The van der Waals surface area contributed by atoms with E-state index in [1.54, 1.807) is 0 Å². The van der Waals surface area contributed by atoms with Crippen molar-refractivity contribution in [3.05, 3.63) is 0 Å². The van der Waals surface area contributed by atoms with E-state index in [4.69, 9.17) is 9.47 Å². The molecule has 0 saturated carbocycles. The number of carbonyl (C=O) groups excluding carboxylic acids is 1. The highest BCUT2D eigenvalue weighted by Gasteiger charge is 2.39. The minimum absolute atomic E-state index is 0.0254. The average molecular weight is 284 g/mol. The second kappa shape index (κ2) is 6.87. The van der Waals surface area contributed by atoms with Gasteiger partial charge in [-0.3, -0.25) is 4.79 Å². The summed E-state index contributed by atoms with van der Waals surface area (Å²) in [6.45, 7) is 8.25. The van der Waals surface area contributed by atoms with E-state index in [0.29, 0.717) is 6.04 Å². The normalized spacial score (nSPS) is 27.5. The molecule has 2 saturated heterocycles. The first-order chi connectivity index (χ1) is 9.51. The monoisotopic (exact) mass is 284 g/mol. The molecule has 2 unspecified atom stereocenters. The van der Waals surface area contributed by atoms with Crippen molar-refractivity contribution in [1.82, 2.24) is 10.6 Å². The number of nitrogens with one attached hydrogen (secondary N) is 2. The quantitative estimate of drug-likeness (QED) is 0.815. The topological polar surface area (TPSA) is 59.6 Å². The fraction of sp³-hybridized carbons (Fsp3) is 0.933. The Morgan fingerprint density at radius 3 is 2.55 bits per heavy atom. The van der Waals surface area contributed by atoms with Crippen LogP contribution < -0.4 is 10.6 Å². The van der Waals surface area contributed by atoms with Gasteiger partial charge in [-0.25, -0.2) is 0 Å². The van der Waals surface area contributed by atoms with Gasteiger partial charge in [0.15, 0.2) is 0 Å². The standard InChI is InChI=1S/C15H28N2O3/c1-11(2)16-14(18)12(3)17-13-4-7-20-15(10-13)5-8-19-9-6-15/h11-13,17H,4-10H2,1-3H3,(H,16,18). The first kappa shape index (κ1) is 15.7. The molecule has 116 valence electrons. The number of hydrogen-bond donors (Lipinski definition) is 2. The predicted octanol–water partition coefficient (Wildman–Crippen LogP) is 1.22. The molecule has 2 aliphatic heterocycles. The van der Waals surface area contributed by atoms with Gasteiger partial charge in [-0.05, 0) is 46.5 Å². The lowest BCUT2D eigenvalue weighted by Crippen LogP contribution is -2.54. The summed E-state index contributed by atoms with van der Waals surface area (Å²) < 4.78 is 11.5. The Labute approximate surface area is 121 Å². The molecule has 0 aromatic heterocycles. The van der Waals surface area contributed by atoms with Crippen molar-refractivity contribution in [2.75, 3.05) is 19.8 Å². The number of hydrogen-bond acceptors (Lipinski definition) is 4. The molecule has 0 radical (unpaired) electrons. The third-order valence-electron chi connectivity index (χ3n) is 4.21. The van der Waals surface area contributed by atoms with Gasteiger partial charge in [0, 0.05) is 31.9 Å². The van der Waals surface area contributed by atoms with E-state index in [1.165, 1.54) is 0 Å². The summed E-state index contributed by atoms with van der Waals surface area (Å²) in [7, 11) is 0. The molecule has 1 spiro atoms. The third kappa shape index (κ3) is 4.17. The second-order valence-electron chi connectivity index (χ2n) is 6.39. The number of ether oxygens (including phenoxy) is 2. The zero-order valence-electron chi connectivity index (χ0n) is 12.9. The molecular formula is C15H28N2O3. The minimum atomic E-state index is -0.155. The van der Waals surface area contributed by atoms with Crippen LogP contribution in [-0.2, 0) is 14.3 Å². The summed E-state index contributed by atoms with van der Waals surface area (Å²) in [5.41, 5.74) is -0.0254. The van der Waals surface area contributed by atoms with Crippen LogP contribution in [0.5, 0.6) is 0 Å². The Bertz CT molecular complexity index is 322. The van der Waals surface area contributed by atoms with Crippen LogP contribution in [0, 0.1) is 0 Å². The Balaban J connectivity index is 1.84. The van der Waals surface area contributed by atoms with Crippen molar-refractivity contribution in [3.8, 4) is 0 Å². The maximum Gasteiger partial charge on any atom is 0.237 e. The summed E-state index contributed by atoms with van der Waals surface area (Å²) in [6, 6.07) is 0.385. The summed E-state index contributed by atoms with van der Waals surface area (Å²) in [4.78, 5) is 12.0. The average Bonchev–Trinajstić information content (AvgIpc) is 2.38. The van der Waals surface area contributed by atoms with Crippen molar-refractivity contribution in [2.24, 2.45) is 0 Å². The van der Waals surface area contributed by atoms with Crippen LogP contribution in [0.1, 0.15) is 46.5 Å². The molecule has 2 rings (SSSR count). The molecular weight excluding hydrogens is 256 g/mol. The Kier molecular flexibility index (Phi) is 5.41. The molecule has 2 atom stereocenters. The second-order valence-corrected chi connectivity index (χ2v) is 6.39. The number of amides is 1. The van der Waals surface area contributed by atoms with Crippen molar-refractivity contribution in [2.45, 2.75) is 70.2 Å². The molecule has 2 N–H and O–H groups in total. The number of rotatable bonds is 4. The zero-order valence-corrected chi connectivity index (χ0v) is 12.9. The van der Waals surface area contributed by atoms with Gasteiger partial charge in [-0.15, -0.1) is 0 Å². The molecule has 2 heterocycles. The van der Waals surface area contributed by atoms with Gasteiger partial charge in [-0.1, -0.05) is 0 Å². The van der Waals surface area contributed by atoms with E-state index in [9.17, 15) is 4.79 Å². The van der Waals surface area contributed by atoms with Gasteiger partial charge in [0.2, 0.25) is 5.91 Å². The SMILES string of the molecule is CC(C)NC(=O)C(C)NC1CCOC2(CCOCC2)C1. The van der Waals surface area contributed by atoms with Crippen molar-refractivity contribution >= 4 is 5.91 Å². The maximum atomic E-state index is 12.0. The molecule has 2 fully saturated rings. The fourth-order valence-electron chi connectivity index (χ4n) is 3.10. The van der Waals surface area contributed by atoms with Crippen LogP contribution in [-0.4, -0.2) is 49.5 Å². The molecule has 0 aliphatic carbocycles. The molecule has 0 bridgehead atoms. The first-order valence-electron chi connectivity index (χ1n) is 7.79. The molecule has 2 aliphatic rings. The van der Waals surface area contributed by atoms with Crippen LogP contribution in [0.25, 0.3) is 0 Å². The van der Waals surface area contributed by atoms with E-state index in [2.05, 4.69) is 10.6 Å². The number of carbonyl (C=O) groups is 1. The lowest BCUT2D eigenvalue weighted by atomic mass is 9.84. The molecule has 0 aromatic rings. The zero-order chi connectivity index (χ0) is 14.6. The summed E-state index contributed by atoms with van der Waals surface area (Å²) in [6.07, 6.45) is 3.90. The Morgan fingerprint density at radius 1 is 1.20 bits per heavy atom. The van der Waals surface area contributed by atoms with Crippen LogP contribution >= 0.6 is 0 Å². The van der Waals surface area contributed by atoms with Crippen molar-refractivity contribution in [3.63, 3.8) is 0 Å². The summed E-state index contributed by atoms with van der Waals surface area (Å²) >= 11 is 0. The largest absolute Gasteiger partial charge is 0.381 e. The van der Waals surface area contributed by atoms with Gasteiger partial charge in [0.25, 0.3) is 0 Å². The highest BCUT2D eigenvalue weighted by molar-refractivity contribution is 5.81. The van der Waals surface area contributed by atoms with E-state index in [-0.39, 0.29) is 23.6 Å².